The number of carbonyl (C=O) groups is 2. The summed E-state index contributed by atoms with van der Waals surface area (Å²) in [6.07, 6.45) is 4.52. The van der Waals surface area contributed by atoms with Crippen LogP contribution in [-0.4, -0.2) is 53.7 Å². The standard InChI is InChI=1S/C22H24N2O4/c1-2-27-21(26)18-7-4-11-23-19(18)16-5-3-6-17(15-16)20(25)24-12-8-22(9-13-24)10-14-28-22/h3-7,11,15H,2,8-10,12-14H2,1H3. The summed E-state index contributed by atoms with van der Waals surface area (Å²) in [5.74, 6) is -0.409. The molecule has 2 aromatic rings. The van der Waals surface area contributed by atoms with E-state index in [1.54, 1.807) is 31.3 Å². The van der Waals surface area contributed by atoms with Crippen molar-refractivity contribution in [2.24, 2.45) is 0 Å². The largest absolute Gasteiger partial charge is 0.462 e. The van der Waals surface area contributed by atoms with Crippen molar-refractivity contribution in [3.05, 3.63) is 53.7 Å². The molecule has 0 N–H and O–H groups in total. The molecule has 0 bridgehead atoms. The number of aromatic nitrogens is 1. The van der Waals surface area contributed by atoms with Gasteiger partial charge in [0.1, 0.15) is 0 Å². The van der Waals surface area contributed by atoms with E-state index in [0.717, 1.165) is 31.4 Å². The summed E-state index contributed by atoms with van der Waals surface area (Å²) < 4.78 is 10.9. The Hall–Kier alpha value is -2.73. The van der Waals surface area contributed by atoms with Gasteiger partial charge in [0.15, 0.2) is 0 Å². The van der Waals surface area contributed by atoms with Gasteiger partial charge in [-0.3, -0.25) is 9.78 Å². The quantitative estimate of drug-likeness (QED) is 0.761. The molecule has 6 nitrogen and oxygen atoms in total. The predicted octanol–water partition coefficient (Wildman–Crippen LogP) is 3.32. The molecule has 0 aliphatic carbocycles. The highest BCUT2D eigenvalue weighted by Crippen LogP contribution is 2.37. The first-order valence-electron chi connectivity index (χ1n) is 9.78. The summed E-state index contributed by atoms with van der Waals surface area (Å²) >= 11 is 0. The molecule has 4 rings (SSSR count). The number of likely N-dealkylation sites (tertiary alicyclic amines) is 1. The molecule has 2 aliphatic rings. The van der Waals surface area contributed by atoms with Crippen molar-refractivity contribution in [3.63, 3.8) is 0 Å². The zero-order valence-corrected chi connectivity index (χ0v) is 16.0. The highest BCUT2D eigenvalue weighted by Gasteiger charge is 2.42. The van der Waals surface area contributed by atoms with Gasteiger partial charge in [-0.2, -0.15) is 0 Å². The zero-order chi connectivity index (χ0) is 19.6. The normalized spacial score (nSPS) is 17.8. The number of pyridine rings is 1. The lowest BCUT2D eigenvalue weighted by atomic mass is 9.84. The highest BCUT2D eigenvalue weighted by atomic mass is 16.5. The summed E-state index contributed by atoms with van der Waals surface area (Å²) in [5, 5.41) is 0. The summed E-state index contributed by atoms with van der Waals surface area (Å²) in [7, 11) is 0. The lowest BCUT2D eigenvalue weighted by molar-refractivity contribution is -0.169. The van der Waals surface area contributed by atoms with E-state index < -0.39 is 5.97 Å². The van der Waals surface area contributed by atoms with Gasteiger partial charge in [-0.1, -0.05) is 12.1 Å². The Morgan fingerprint density at radius 3 is 2.64 bits per heavy atom. The maximum atomic E-state index is 13.0. The van der Waals surface area contributed by atoms with Crippen molar-refractivity contribution in [1.29, 1.82) is 0 Å². The number of piperidine rings is 1. The number of nitrogens with zero attached hydrogens (tertiary/aromatic N) is 2. The topological polar surface area (TPSA) is 68.7 Å². The van der Waals surface area contributed by atoms with Gasteiger partial charge in [0.25, 0.3) is 5.91 Å². The van der Waals surface area contributed by atoms with Crippen LogP contribution >= 0.6 is 0 Å². The van der Waals surface area contributed by atoms with E-state index in [2.05, 4.69) is 4.98 Å². The van der Waals surface area contributed by atoms with Gasteiger partial charge in [-0.05, 0) is 50.5 Å². The van der Waals surface area contributed by atoms with Gasteiger partial charge in [0.2, 0.25) is 0 Å². The first kappa shape index (κ1) is 18.6. The minimum Gasteiger partial charge on any atom is -0.462 e. The van der Waals surface area contributed by atoms with Crippen molar-refractivity contribution < 1.29 is 19.1 Å². The Morgan fingerprint density at radius 1 is 1.18 bits per heavy atom. The van der Waals surface area contributed by atoms with Crippen LogP contribution in [0.3, 0.4) is 0 Å². The summed E-state index contributed by atoms with van der Waals surface area (Å²) in [5.41, 5.74) is 2.27. The predicted molar refractivity (Wildman–Crippen MR) is 104 cm³/mol. The zero-order valence-electron chi connectivity index (χ0n) is 16.0. The maximum absolute atomic E-state index is 13.0. The van der Waals surface area contributed by atoms with Crippen LogP contribution in [-0.2, 0) is 9.47 Å². The van der Waals surface area contributed by atoms with Crippen molar-refractivity contribution >= 4 is 11.9 Å². The van der Waals surface area contributed by atoms with Crippen LogP contribution < -0.4 is 0 Å². The van der Waals surface area contributed by atoms with Crippen LogP contribution in [0.2, 0.25) is 0 Å². The third-order valence-electron chi connectivity index (χ3n) is 5.61. The molecule has 0 saturated carbocycles. The van der Waals surface area contributed by atoms with Gasteiger partial charge in [0, 0.05) is 30.4 Å². The summed E-state index contributed by atoms with van der Waals surface area (Å²) in [6.45, 7) is 4.32. The monoisotopic (exact) mass is 380 g/mol. The lowest BCUT2D eigenvalue weighted by Crippen LogP contribution is -2.53. The van der Waals surface area contributed by atoms with Crippen LogP contribution in [0.4, 0.5) is 0 Å². The van der Waals surface area contributed by atoms with Crippen LogP contribution in [0.5, 0.6) is 0 Å². The molecule has 6 heteroatoms. The molecule has 0 unspecified atom stereocenters. The number of hydrogen-bond donors (Lipinski definition) is 0. The fourth-order valence-corrected chi connectivity index (χ4v) is 3.89. The second kappa shape index (κ2) is 7.72. The van der Waals surface area contributed by atoms with Gasteiger partial charge in [0.05, 0.1) is 30.1 Å². The highest BCUT2D eigenvalue weighted by molar-refractivity contribution is 5.98. The number of ether oxygens (including phenoxy) is 2. The van der Waals surface area contributed by atoms with Crippen molar-refractivity contribution in [2.75, 3.05) is 26.3 Å². The van der Waals surface area contributed by atoms with E-state index in [4.69, 9.17) is 9.47 Å². The van der Waals surface area contributed by atoms with Crippen molar-refractivity contribution in [2.45, 2.75) is 31.8 Å². The first-order chi connectivity index (χ1) is 13.6. The number of benzene rings is 1. The SMILES string of the molecule is CCOC(=O)c1cccnc1-c1cccc(C(=O)N2CCC3(CCO3)CC2)c1. The van der Waals surface area contributed by atoms with E-state index in [9.17, 15) is 9.59 Å². The number of amides is 1. The summed E-state index contributed by atoms with van der Waals surface area (Å²) in [6, 6.07) is 10.7. The molecule has 1 aromatic carbocycles. The molecule has 2 aliphatic heterocycles. The smallest absolute Gasteiger partial charge is 0.340 e. The number of carbonyl (C=O) groups excluding carboxylic acids is 2. The van der Waals surface area contributed by atoms with Crippen LogP contribution in [0.15, 0.2) is 42.6 Å². The second-order valence-electron chi connectivity index (χ2n) is 7.27. The third kappa shape index (κ3) is 3.52. The average molecular weight is 380 g/mol. The molecule has 0 atom stereocenters. The molecule has 1 aromatic heterocycles. The Labute approximate surface area is 164 Å². The maximum Gasteiger partial charge on any atom is 0.340 e. The molecule has 2 fully saturated rings. The van der Waals surface area contributed by atoms with E-state index >= 15 is 0 Å². The molecule has 1 spiro atoms. The van der Waals surface area contributed by atoms with Gasteiger partial charge >= 0.3 is 5.97 Å². The van der Waals surface area contributed by atoms with Crippen LogP contribution in [0.1, 0.15) is 46.9 Å². The summed E-state index contributed by atoms with van der Waals surface area (Å²) in [4.78, 5) is 31.5. The fourth-order valence-electron chi connectivity index (χ4n) is 3.89. The molecule has 28 heavy (non-hydrogen) atoms. The van der Waals surface area contributed by atoms with Crippen LogP contribution in [0, 0.1) is 0 Å². The third-order valence-corrected chi connectivity index (χ3v) is 5.61. The van der Waals surface area contributed by atoms with Crippen molar-refractivity contribution in [1.82, 2.24) is 9.88 Å². The fraction of sp³-hybridized carbons (Fsp3) is 0.409. The molecular weight excluding hydrogens is 356 g/mol. The number of hydrogen-bond acceptors (Lipinski definition) is 5. The number of esters is 1. The molecule has 2 saturated heterocycles. The minimum absolute atomic E-state index is 0.00430. The molecular formula is C22H24N2O4. The van der Waals surface area contributed by atoms with Gasteiger partial charge in [-0.15, -0.1) is 0 Å². The Morgan fingerprint density at radius 2 is 1.96 bits per heavy atom. The molecule has 1 amide bonds. The lowest BCUT2D eigenvalue weighted by Gasteiger charge is -2.47. The van der Waals surface area contributed by atoms with Gasteiger partial charge in [-0.25, -0.2) is 4.79 Å². The molecule has 0 radical (unpaired) electrons. The first-order valence-corrected chi connectivity index (χ1v) is 9.78. The van der Waals surface area contributed by atoms with E-state index in [1.807, 2.05) is 23.1 Å². The van der Waals surface area contributed by atoms with E-state index in [1.165, 1.54) is 0 Å². The Kier molecular flexibility index (Phi) is 5.13. The minimum atomic E-state index is -0.413. The van der Waals surface area contributed by atoms with Crippen LogP contribution in [0.25, 0.3) is 11.3 Å². The Bertz CT molecular complexity index is 882. The molecule has 146 valence electrons. The molecule has 3 heterocycles. The Balaban J connectivity index is 1.55. The van der Waals surface area contributed by atoms with Crippen molar-refractivity contribution in [3.8, 4) is 11.3 Å². The number of rotatable bonds is 4. The second-order valence-corrected chi connectivity index (χ2v) is 7.27. The average Bonchev–Trinajstić information content (AvgIpc) is 2.72. The van der Waals surface area contributed by atoms with E-state index in [-0.39, 0.29) is 11.5 Å². The van der Waals surface area contributed by atoms with E-state index in [0.29, 0.717) is 36.5 Å². The van der Waals surface area contributed by atoms with Gasteiger partial charge < -0.3 is 14.4 Å².